The Bertz CT molecular complexity index is 495. The van der Waals surface area contributed by atoms with Crippen LogP contribution in [0.15, 0.2) is 17.6 Å². The third-order valence-corrected chi connectivity index (χ3v) is 6.46. The lowest BCUT2D eigenvalue weighted by Gasteiger charge is -2.14. The second-order valence-corrected chi connectivity index (χ2v) is 7.89. The van der Waals surface area contributed by atoms with Crippen molar-refractivity contribution >= 4 is 34.4 Å². The minimum Gasteiger partial charge on any atom is -0.309 e. The molecule has 1 unspecified atom stereocenters. The number of hydrogen-bond donors (Lipinski definition) is 1. The number of aryl methyl sites for hydroxylation is 1. The van der Waals surface area contributed by atoms with Gasteiger partial charge in [-0.3, -0.25) is 0 Å². The zero-order valence-electron chi connectivity index (χ0n) is 11.0. The van der Waals surface area contributed by atoms with Gasteiger partial charge in [0, 0.05) is 39.5 Å². The maximum Gasteiger partial charge on any atom is 0.0944 e. The molecule has 19 heavy (non-hydrogen) atoms. The lowest BCUT2D eigenvalue weighted by atomic mass is 10.1. The predicted molar refractivity (Wildman–Crippen MR) is 86.4 cm³/mol. The van der Waals surface area contributed by atoms with E-state index in [0.29, 0.717) is 6.04 Å². The monoisotopic (exact) mass is 310 g/mol. The van der Waals surface area contributed by atoms with Crippen LogP contribution < -0.4 is 5.32 Å². The van der Waals surface area contributed by atoms with Crippen molar-refractivity contribution in [3.8, 4) is 0 Å². The van der Waals surface area contributed by atoms with E-state index in [1.54, 1.807) is 21.8 Å². The van der Waals surface area contributed by atoms with Gasteiger partial charge in [0.15, 0.2) is 0 Å². The lowest BCUT2D eigenvalue weighted by Crippen LogP contribution is -2.22. The molecule has 2 aromatic rings. The first kappa shape index (κ1) is 13.6. The molecule has 0 saturated carbocycles. The SMILES string of the molecule is CCNC(Cc1nccs1)c1cc2c(s1)CCSC2. The number of hydrogen-bond acceptors (Lipinski definition) is 5. The smallest absolute Gasteiger partial charge is 0.0944 e. The van der Waals surface area contributed by atoms with Crippen LogP contribution in [0.25, 0.3) is 0 Å². The number of nitrogens with zero attached hydrogens (tertiary/aromatic N) is 1. The normalized spacial score (nSPS) is 16.3. The van der Waals surface area contributed by atoms with E-state index in [9.17, 15) is 0 Å². The first-order valence-electron chi connectivity index (χ1n) is 6.67. The molecule has 0 saturated heterocycles. The van der Waals surface area contributed by atoms with Crippen LogP contribution in [-0.4, -0.2) is 17.3 Å². The van der Waals surface area contributed by atoms with Crippen molar-refractivity contribution in [1.82, 2.24) is 10.3 Å². The quantitative estimate of drug-likeness (QED) is 0.907. The molecule has 102 valence electrons. The van der Waals surface area contributed by atoms with Crippen LogP contribution in [0.3, 0.4) is 0 Å². The van der Waals surface area contributed by atoms with Crippen LogP contribution in [0.5, 0.6) is 0 Å². The van der Waals surface area contributed by atoms with Gasteiger partial charge >= 0.3 is 0 Å². The average Bonchev–Trinajstić information content (AvgIpc) is 3.06. The van der Waals surface area contributed by atoms with Gasteiger partial charge in [-0.2, -0.15) is 11.8 Å². The van der Waals surface area contributed by atoms with Crippen molar-refractivity contribution in [2.24, 2.45) is 0 Å². The maximum atomic E-state index is 4.42. The third kappa shape index (κ3) is 3.21. The van der Waals surface area contributed by atoms with Gasteiger partial charge in [0.1, 0.15) is 0 Å². The van der Waals surface area contributed by atoms with Gasteiger partial charge < -0.3 is 5.32 Å². The number of rotatable bonds is 5. The molecule has 2 aromatic heterocycles. The predicted octanol–water partition coefficient (Wildman–Crippen LogP) is 3.89. The Balaban J connectivity index is 1.80. The topological polar surface area (TPSA) is 24.9 Å². The number of likely N-dealkylation sites (N-methyl/N-ethyl adjacent to an activating group) is 1. The molecule has 1 N–H and O–H groups in total. The molecular formula is C14H18N2S3. The number of thiophene rings is 1. The highest BCUT2D eigenvalue weighted by atomic mass is 32.2. The molecule has 5 heteroatoms. The van der Waals surface area contributed by atoms with Crippen LogP contribution in [-0.2, 0) is 18.6 Å². The molecule has 1 aliphatic heterocycles. The number of fused-ring (bicyclic) bond motifs is 1. The second kappa shape index (κ2) is 6.39. The Morgan fingerprint density at radius 1 is 1.47 bits per heavy atom. The van der Waals surface area contributed by atoms with Gasteiger partial charge in [0.25, 0.3) is 0 Å². The number of aromatic nitrogens is 1. The van der Waals surface area contributed by atoms with E-state index in [1.165, 1.54) is 27.8 Å². The second-order valence-electron chi connectivity index (χ2n) is 4.64. The van der Waals surface area contributed by atoms with Gasteiger partial charge in [-0.1, -0.05) is 6.92 Å². The van der Waals surface area contributed by atoms with Crippen LogP contribution in [0.1, 0.15) is 33.3 Å². The third-order valence-electron chi connectivity index (χ3n) is 3.30. The minimum atomic E-state index is 0.428. The standard InChI is InChI=1S/C14H18N2S3/c1-2-15-11(8-14-16-4-6-18-14)13-7-10-9-17-5-3-12(10)19-13/h4,6-7,11,15H,2-3,5,8-9H2,1H3. The van der Waals surface area contributed by atoms with Crippen molar-refractivity contribution in [2.45, 2.75) is 31.6 Å². The first-order chi connectivity index (χ1) is 9.36. The highest BCUT2D eigenvalue weighted by Crippen LogP contribution is 2.35. The molecule has 1 atom stereocenters. The van der Waals surface area contributed by atoms with Crippen molar-refractivity contribution in [1.29, 1.82) is 0 Å². The van der Waals surface area contributed by atoms with Gasteiger partial charge in [0.05, 0.1) is 5.01 Å². The van der Waals surface area contributed by atoms with Crippen molar-refractivity contribution < 1.29 is 0 Å². The van der Waals surface area contributed by atoms with Crippen molar-refractivity contribution in [3.63, 3.8) is 0 Å². The highest BCUT2D eigenvalue weighted by Gasteiger charge is 2.19. The number of thiazole rings is 1. The van der Waals surface area contributed by atoms with Gasteiger partial charge in [-0.15, -0.1) is 22.7 Å². The molecular weight excluding hydrogens is 292 g/mol. The average molecular weight is 311 g/mol. The molecule has 0 bridgehead atoms. The summed E-state index contributed by atoms with van der Waals surface area (Å²) in [7, 11) is 0. The fraction of sp³-hybridized carbons (Fsp3) is 0.500. The zero-order chi connectivity index (χ0) is 13.1. The summed E-state index contributed by atoms with van der Waals surface area (Å²) >= 11 is 5.82. The van der Waals surface area contributed by atoms with E-state index in [1.807, 2.05) is 17.5 Å². The van der Waals surface area contributed by atoms with Gasteiger partial charge in [0.2, 0.25) is 0 Å². The minimum absolute atomic E-state index is 0.428. The van der Waals surface area contributed by atoms with Crippen LogP contribution in [0, 0.1) is 0 Å². The molecule has 3 rings (SSSR count). The van der Waals surface area contributed by atoms with Crippen LogP contribution in [0.4, 0.5) is 0 Å². The Labute approximate surface area is 126 Å². The van der Waals surface area contributed by atoms with E-state index in [2.05, 4.69) is 40.4 Å². The highest BCUT2D eigenvalue weighted by molar-refractivity contribution is 7.98. The Morgan fingerprint density at radius 2 is 2.42 bits per heavy atom. The fourth-order valence-electron chi connectivity index (χ4n) is 2.39. The Hall–Kier alpha value is -0.360. The van der Waals surface area contributed by atoms with Gasteiger partial charge in [-0.05, 0) is 30.3 Å². The summed E-state index contributed by atoms with van der Waals surface area (Å²) in [6, 6.07) is 2.85. The molecule has 1 aliphatic rings. The molecule has 0 spiro atoms. The molecule has 0 amide bonds. The summed E-state index contributed by atoms with van der Waals surface area (Å²) in [6.45, 7) is 3.19. The molecule has 2 nitrogen and oxygen atoms in total. The largest absolute Gasteiger partial charge is 0.309 e. The summed E-state index contributed by atoms with van der Waals surface area (Å²) < 4.78 is 0. The molecule has 0 aromatic carbocycles. The van der Waals surface area contributed by atoms with E-state index >= 15 is 0 Å². The van der Waals surface area contributed by atoms with Gasteiger partial charge in [-0.25, -0.2) is 4.98 Å². The number of nitrogens with one attached hydrogen (secondary N) is 1. The van der Waals surface area contributed by atoms with Crippen molar-refractivity contribution in [3.05, 3.63) is 38.0 Å². The summed E-state index contributed by atoms with van der Waals surface area (Å²) in [5, 5.41) is 6.91. The summed E-state index contributed by atoms with van der Waals surface area (Å²) in [5.74, 6) is 2.48. The van der Waals surface area contributed by atoms with E-state index in [0.717, 1.165) is 13.0 Å². The zero-order valence-corrected chi connectivity index (χ0v) is 13.5. The van der Waals surface area contributed by atoms with Crippen LogP contribution >= 0.6 is 34.4 Å². The van der Waals surface area contributed by atoms with Crippen molar-refractivity contribution in [2.75, 3.05) is 12.3 Å². The first-order valence-corrected chi connectivity index (χ1v) is 9.53. The van der Waals surface area contributed by atoms with E-state index in [-0.39, 0.29) is 0 Å². The molecule has 0 radical (unpaired) electrons. The number of thioether (sulfide) groups is 1. The van der Waals surface area contributed by atoms with E-state index < -0.39 is 0 Å². The Kier molecular flexibility index (Phi) is 4.58. The maximum absolute atomic E-state index is 4.42. The molecule has 0 fully saturated rings. The summed E-state index contributed by atoms with van der Waals surface area (Å²) in [5.41, 5.74) is 1.57. The lowest BCUT2D eigenvalue weighted by molar-refractivity contribution is 0.557. The molecule has 3 heterocycles. The van der Waals surface area contributed by atoms with Crippen LogP contribution in [0.2, 0.25) is 0 Å². The molecule has 0 aliphatic carbocycles. The van der Waals surface area contributed by atoms with E-state index in [4.69, 9.17) is 0 Å². The summed E-state index contributed by atoms with van der Waals surface area (Å²) in [4.78, 5) is 7.52. The fourth-order valence-corrected chi connectivity index (χ4v) is 5.51. The summed E-state index contributed by atoms with van der Waals surface area (Å²) in [6.07, 6.45) is 4.16. The Morgan fingerprint density at radius 3 is 3.16 bits per heavy atom.